The third-order valence-corrected chi connectivity index (χ3v) is 7.29. The Morgan fingerprint density at radius 1 is 0.975 bits per heavy atom. The molecule has 0 aliphatic rings. The molecule has 0 aliphatic carbocycles. The quantitative estimate of drug-likeness (QED) is 0.205. The Balaban J connectivity index is 2.03. The zero-order chi connectivity index (χ0) is 29.7. The number of phenols is 1. The summed E-state index contributed by atoms with van der Waals surface area (Å²) in [6, 6.07) is 11.3. The Kier molecular flexibility index (Phi) is 13.1. The highest BCUT2D eigenvalue weighted by atomic mass is 32.2. The van der Waals surface area contributed by atoms with Gasteiger partial charge in [0.15, 0.2) is 0 Å². The fraction of sp³-hybridized carbons (Fsp3) is 0.483. The van der Waals surface area contributed by atoms with Crippen molar-refractivity contribution in [3.8, 4) is 5.75 Å². The Morgan fingerprint density at radius 3 is 2.30 bits per heavy atom. The highest BCUT2D eigenvalue weighted by Crippen LogP contribution is 2.19. The molecule has 2 aromatic carbocycles. The number of phenolic OH excluding ortho intramolecular Hbond substituents is 1. The molecular formula is C29H42N4O6S. The van der Waals surface area contributed by atoms with Gasteiger partial charge >= 0.3 is 0 Å². The number of aromatic hydroxyl groups is 1. The van der Waals surface area contributed by atoms with Crippen LogP contribution in [0.4, 0.5) is 5.69 Å². The number of amides is 3. The summed E-state index contributed by atoms with van der Waals surface area (Å²) in [6.45, 7) is 4.84. The fourth-order valence-corrected chi connectivity index (χ4v) is 4.63. The molecule has 11 heteroatoms. The summed E-state index contributed by atoms with van der Waals surface area (Å²) in [5.74, 6) is -0.881. The van der Waals surface area contributed by atoms with Gasteiger partial charge in [-0.2, -0.15) is 0 Å². The van der Waals surface area contributed by atoms with E-state index in [1.165, 1.54) is 12.1 Å². The van der Waals surface area contributed by atoms with Gasteiger partial charge in [0.1, 0.15) is 21.6 Å². The van der Waals surface area contributed by atoms with Gasteiger partial charge in [0, 0.05) is 24.9 Å². The molecule has 0 bridgehead atoms. The largest absolute Gasteiger partial charge is 0.508 e. The first kappa shape index (κ1) is 32.8. The van der Waals surface area contributed by atoms with Crippen molar-refractivity contribution >= 4 is 33.2 Å². The molecule has 2 rings (SSSR count). The number of hydrogen-bond donors (Lipinski definition) is 5. The van der Waals surface area contributed by atoms with Crippen molar-refractivity contribution in [3.63, 3.8) is 0 Å². The molecule has 10 nitrogen and oxygen atoms in total. The normalized spacial score (nSPS) is 12.9. The van der Waals surface area contributed by atoms with Gasteiger partial charge in [0.2, 0.25) is 17.7 Å². The maximum Gasteiger partial charge on any atom is 0.246 e. The molecular weight excluding hydrogens is 532 g/mol. The topological polar surface area (TPSA) is 168 Å². The van der Waals surface area contributed by atoms with E-state index in [0.29, 0.717) is 37.4 Å². The second kappa shape index (κ2) is 16.0. The second-order valence-electron chi connectivity index (χ2n) is 10.5. The molecule has 0 aliphatic heterocycles. The number of carbonyl (C=O) groups excluding carboxylic acids is 3. The highest BCUT2D eigenvalue weighted by Gasteiger charge is 2.26. The van der Waals surface area contributed by atoms with E-state index >= 15 is 0 Å². The lowest BCUT2D eigenvalue weighted by Gasteiger charge is -2.21. The van der Waals surface area contributed by atoms with Crippen LogP contribution in [0.3, 0.4) is 0 Å². The van der Waals surface area contributed by atoms with Crippen molar-refractivity contribution < 1.29 is 27.9 Å². The zero-order valence-corrected chi connectivity index (χ0v) is 24.3. The summed E-state index contributed by atoms with van der Waals surface area (Å²) in [7, 11) is -3.40. The van der Waals surface area contributed by atoms with Crippen LogP contribution in [0.2, 0.25) is 0 Å². The summed E-state index contributed by atoms with van der Waals surface area (Å²) < 4.78 is 23.6. The Hall–Kier alpha value is -3.44. The third kappa shape index (κ3) is 12.6. The smallest absolute Gasteiger partial charge is 0.246 e. The minimum Gasteiger partial charge on any atom is -0.508 e. The van der Waals surface area contributed by atoms with E-state index < -0.39 is 33.7 Å². The van der Waals surface area contributed by atoms with Crippen LogP contribution in [0.5, 0.6) is 5.75 Å². The Morgan fingerprint density at radius 2 is 1.65 bits per heavy atom. The van der Waals surface area contributed by atoms with Crippen molar-refractivity contribution in [1.29, 1.82) is 0 Å². The van der Waals surface area contributed by atoms with Crippen LogP contribution in [-0.4, -0.2) is 61.9 Å². The lowest BCUT2D eigenvalue weighted by molar-refractivity contribution is -0.127. The highest BCUT2D eigenvalue weighted by molar-refractivity contribution is 7.90. The number of para-hydroxylation sites is 1. The number of aryl methyl sites for hydroxylation is 1. The van der Waals surface area contributed by atoms with Gasteiger partial charge in [0.05, 0.1) is 11.8 Å². The molecule has 6 N–H and O–H groups in total. The first-order valence-electron chi connectivity index (χ1n) is 13.5. The van der Waals surface area contributed by atoms with E-state index in [1.807, 2.05) is 12.1 Å². The molecule has 40 heavy (non-hydrogen) atoms. The number of carbonyl (C=O) groups is 3. The number of anilines is 1. The van der Waals surface area contributed by atoms with Gasteiger partial charge in [-0.1, -0.05) is 44.2 Å². The van der Waals surface area contributed by atoms with Gasteiger partial charge in [-0.3, -0.25) is 14.4 Å². The predicted molar refractivity (Wildman–Crippen MR) is 157 cm³/mol. The van der Waals surface area contributed by atoms with Gasteiger partial charge in [0.25, 0.3) is 0 Å². The molecule has 0 heterocycles. The van der Waals surface area contributed by atoms with Gasteiger partial charge < -0.3 is 26.8 Å². The molecule has 2 aromatic rings. The summed E-state index contributed by atoms with van der Waals surface area (Å²) in [6.07, 6.45) is 3.51. The Labute approximate surface area is 237 Å². The Bertz CT molecular complexity index is 1230. The number of sulfone groups is 1. The van der Waals surface area contributed by atoms with Crippen LogP contribution in [0.15, 0.2) is 48.5 Å². The van der Waals surface area contributed by atoms with Crippen LogP contribution in [0.1, 0.15) is 50.7 Å². The van der Waals surface area contributed by atoms with Crippen LogP contribution in [0, 0.1) is 5.92 Å². The van der Waals surface area contributed by atoms with Gasteiger partial charge in [-0.25, -0.2) is 8.42 Å². The molecule has 0 saturated heterocycles. The van der Waals surface area contributed by atoms with Gasteiger partial charge in [-0.15, -0.1) is 0 Å². The average Bonchev–Trinajstić information content (AvgIpc) is 2.87. The SMILES string of the molecule is CC(C)CCNC(=O)CCCc1ccccc1NC(=O)[C@@H](CCS(C)(=O)=O)NC(=O)[C@@H](N)Cc1ccc(O)cc1. The molecule has 0 fully saturated rings. The van der Waals surface area contributed by atoms with E-state index in [2.05, 4.69) is 29.8 Å². The number of nitrogens with one attached hydrogen (secondary N) is 3. The summed E-state index contributed by atoms with van der Waals surface area (Å²) in [4.78, 5) is 38.2. The maximum absolute atomic E-state index is 13.2. The first-order chi connectivity index (χ1) is 18.8. The van der Waals surface area contributed by atoms with E-state index in [4.69, 9.17) is 5.73 Å². The molecule has 0 saturated carbocycles. The molecule has 0 aromatic heterocycles. The number of hydrogen-bond acceptors (Lipinski definition) is 7. The fourth-order valence-electron chi connectivity index (χ4n) is 3.97. The summed E-state index contributed by atoms with van der Waals surface area (Å²) in [5.41, 5.74) is 8.13. The van der Waals surface area contributed by atoms with Crippen LogP contribution in [-0.2, 0) is 37.1 Å². The molecule has 0 spiro atoms. The molecule has 220 valence electrons. The van der Waals surface area contributed by atoms with Crippen LogP contribution < -0.4 is 21.7 Å². The summed E-state index contributed by atoms with van der Waals surface area (Å²) in [5, 5.41) is 17.8. The van der Waals surface area contributed by atoms with E-state index in [0.717, 1.165) is 23.8 Å². The zero-order valence-electron chi connectivity index (χ0n) is 23.5. The van der Waals surface area contributed by atoms with Gasteiger partial charge in [-0.05, 0) is 67.3 Å². The van der Waals surface area contributed by atoms with Crippen molar-refractivity contribution in [3.05, 3.63) is 59.7 Å². The van der Waals surface area contributed by atoms with Crippen LogP contribution in [0.25, 0.3) is 0 Å². The monoisotopic (exact) mass is 574 g/mol. The number of nitrogens with two attached hydrogens (primary N) is 1. The average molecular weight is 575 g/mol. The molecule has 0 radical (unpaired) electrons. The number of benzene rings is 2. The van der Waals surface area contributed by atoms with Crippen molar-refractivity contribution in [1.82, 2.24) is 10.6 Å². The molecule has 0 unspecified atom stereocenters. The second-order valence-corrected chi connectivity index (χ2v) is 12.7. The van der Waals surface area contributed by atoms with Crippen molar-refractivity contribution in [2.24, 2.45) is 11.7 Å². The van der Waals surface area contributed by atoms with Crippen LogP contribution >= 0.6 is 0 Å². The van der Waals surface area contributed by atoms with Crippen molar-refractivity contribution in [2.75, 3.05) is 23.9 Å². The third-order valence-electron chi connectivity index (χ3n) is 6.31. The molecule has 2 atom stereocenters. The predicted octanol–water partition coefficient (Wildman–Crippen LogP) is 2.31. The van der Waals surface area contributed by atoms with Crippen molar-refractivity contribution in [2.45, 2.75) is 64.5 Å². The minimum absolute atomic E-state index is 0.0191. The standard InChI is InChI=1S/C29H42N4O6S/c1-20(2)15-17-31-27(35)10-6-8-22-7-4-5-9-25(22)32-29(37)26(16-18-40(3,38)39)33-28(36)24(30)19-21-11-13-23(34)14-12-21/h4-5,7,9,11-14,20,24,26,34H,6,8,10,15-19,30H2,1-3H3,(H,31,35)(H,32,37)(H,33,36)/t24-,26+/m0/s1. The minimum atomic E-state index is -3.40. The van der Waals surface area contributed by atoms with E-state index in [-0.39, 0.29) is 30.3 Å². The maximum atomic E-state index is 13.2. The molecule has 3 amide bonds. The first-order valence-corrected chi connectivity index (χ1v) is 15.6. The van der Waals surface area contributed by atoms with E-state index in [9.17, 15) is 27.9 Å². The lowest BCUT2D eigenvalue weighted by atomic mass is 10.0. The summed E-state index contributed by atoms with van der Waals surface area (Å²) >= 11 is 0. The number of rotatable bonds is 16. The lowest BCUT2D eigenvalue weighted by Crippen LogP contribution is -2.51. The van der Waals surface area contributed by atoms with E-state index in [1.54, 1.807) is 24.3 Å².